The van der Waals surface area contributed by atoms with Gasteiger partial charge >= 0.3 is 0 Å². The number of carbonyl (C=O) groups is 1. The third-order valence-electron chi connectivity index (χ3n) is 4.69. The van der Waals surface area contributed by atoms with Gasteiger partial charge in [-0.25, -0.2) is 0 Å². The van der Waals surface area contributed by atoms with E-state index in [-0.39, 0.29) is 0 Å². The maximum atomic E-state index is 11.7. The fourth-order valence-corrected chi connectivity index (χ4v) is 3.54. The van der Waals surface area contributed by atoms with Crippen LogP contribution in [0.4, 0.5) is 0 Å². The highest BCUT2D eigenvalue weighted by molar-refractivity contribution is 9.10. The molecule has 1 N–H and O–H groups in total. The molecule has 2 aliphatic rings. The minimum atomic E-state index is 0.299. The first-order valence-corrected chi connectivity index (χ1v) is 8.76. The van der Waals surface area contributed by atoms with E-state index in [0.29, 0.717) is 30.3 Å². The molecule has 1 amide bonds. The van der Waals surface area contributed by atoms with E-state index in [4.69, 9.17) is 0 Å². The fraction of sp³-hybridized carbons (Fsp3) is 0.588. The van der Waals surface area contributed by atoms with Crippen LogP contribution in [-0.2, 0) is 4.79 Å². The normalized spacial score (nSPS) is 25.9. The topological polar surface area (TPSA) is 32.3 Å². The van der Waals surface area contributed by atoms with Crippen molar-refractivity contribution in [3.63, 3.8) is 0 Å². The molecule has 3 nitrogen and oxygen atoms in total. The van der Waals surface area contributed by atoms with Crippen molar-refractivity contribution in [3.05, 3.63) is 34.3 Å². The summed E-state index contributed by atoms with van der Waals surface area (Å²) in [6.45, 7) is 3.78. The van der Waals surface area contributed by atoms with E-state index < -0.39 is 0 Å². The Balaban J connectivity index is 1.45. The number of likely N-dealkylation sites (tertiary alicyclic amines) is 1. The van der Waals surface area contributed by atoms with Gasteiger partial charge in [0.05, 0.1) is 0 Å². The van der Waals surface area contributed by atoms with Crippen molar-refractivity contribution >= 4 is 21.8 Å². The molecule has 1 aliphatic carbocycles. The molecule has 21 heavy (non-hydrogen) atoms. The van der Waals surface area contributed by atoms with E-state index >= 15 is 0 Å². The van der Waals surface area contributed by atoms with Crippen molar-refractivity contribution < 1.29 is 4.79 Å². The summed E-state index contributed by atoms with van der Waals surface area (Å²) in [5.41, 5.74) is 1.44. The standard InChI is InChI=1S/C17H23BrN2O/c1-2-17(21)20-9-7-14(8-10-20)19-16-11-15(16)12-3-5-13(18)6-4-12/h3-6,14-16,19H,2,7-11H2,1H3. The Kier molecular flexibility index (Phi) is 4.65. The van der Waals surface area contributed by atoms with Crippen molar-refractivity contribution in [2.75, 3.05) is 13.1 Å². The first-order valence-electron chi connectivity index (χ1n) is 7.96. The Morgan fingerprint density at radius 3 is 2.57 bits per heavy atom. The van der Waals surface area contributed by atoms with E-state index in [9.17, 15) is 4.79 Å². The molecule has 4 heteroatoms. The highest BCUT2D eigenvalue weighted by Gasteiger charge is 2.39. The molecule has 1 aromatic carbocycles. The highest BCUT2D eigenvalue weighted by atomic mass is 79.9. The third kappa shape index (κ3) is 3.67. The lowest BCUT2D eigenvalue weighted by molar-refractivity contribution is -0.131. The number of nitrogens with zero attached hydrogens (tertiary/aromatic N) is 1. The number of hydrogen-bond donors (Lipinski definition) is 1. The molecule has 0 aromatic heterocycles. The van der Waals surface area contributed by atoms with Gasteiger partial charge in [-0.3, -0.25) is 4.79 Å². The number of carbonyl (C=O) groups excluding carboxylic acids is 1. The van der Waals surface area contributed by atoms with Crippen molar-refractivity contribution in [1.82, 2.24) is 10.2 Å². The maximum absolute atomic E-state index is 11.7. The Morgan fingerprint density at radius 1 is 1.29 bits per heavy atom. The van der Waals surface area contributed by atoms with Gasteiger partial charge in [-0.2, -0.15) is 0 Å². The number of nitrogens with one attached hydrogen (secondary N) is 1. The molecule has 0 spiro atoms. The first kappa shape index (κ1) is 15.0. The molecular weight excluding hydrogens is 328 g/mol. The van der Waals surface area contributed by atoms with Gasteiger partial charge in [-0.15, -0.1) is 0 Å². The van der Waals surface area contributed by atoms with Crippen molar-refractivity contribution in [3.8, 4) is 0 Å². The van der Waals surface area contributed by atoms with Crippen molar-refractivity contribution in [2.24, 2.45) is 0 Å². The van der Waals surface area contributed by atoms with Crippen LogP contribution < -0.4 is 5.32 Å². The lowest BCUT2D eigenvalue weighted by Gasteiger charge is -2.32. The van der Waals surface area contributed by atoms with Crippen LogP contribution in [0.2, 0.25) is 0 Å². The van der Waals surface area contributed by atoms with E-state index in [1.54, 1.807) is 0 Å². The second kappa shape index (κ2) is 6.49. The second-order valence-corrected chi connectivity index (χ2v) is 7.09. The van der Waals surface area contributed by atoms with Crippen LogP contribution in [0, 0.1) is 0 Å². The van der Waals surface area contributed by atoms with Gasteiger partial charge in [0, 0.05) is 42.0 Å². The van der Waals surface area contributed by atoms with E-state index in [0.717, 1.165) is 30.4 Å². The number of piperidine rings is 1. The van der Waals surface area contributed by atoms with Crippen LogP contribution in [0.25, 0.3) is 0 Å². The summed E-state index contributed by atoms with van der Waals surface area (Å²) < 4.78 is 1.14. The Labute approximate surface area is 135 Å². The molecule has 1 saturated carbocycles. The van der Waals surface area contributed by atoms with Crippen LogP contribution in [-0.4, -0.2) is 36.0 Å². The molecule has 1 aromatic rings. The maximum Gasteiger partial charge on any atom is 0.222 e. The summed E-state index contributed by atoms with van der Waals surface area (Å²) in [5.74, 6) is 0.973. The van der Waals surface area contributed by atoms with Crippen LogP contribution >= 0.6 is 15.9 Å². The third-order valence-corrected chi connectivity index (χ3v) is 5.22. The van der Waals surface area contributed by atoms with E-state index in [2.05, 4.69) is 45.5 Å². The van der Waals surface area contributed by atoms with Gasteiger partial charge in [0.15, 0.2) is 0 Å². The summed E-state index contributed by atoms with van der Waals surface area (Å²) in [7, 11) is 0. The van der Waals surface area contributed by atoms with Gasteiger partial charge < -0.3 is 10.2 Å². The van der Waals surface area contributed by atoms with E-state index in [1.165, 1.54) is 12.0 Å². The molecule has 1 saturated heterocycles. The molecule has 1 heterocycles. The quantitative estimate of drug-likeness (QED) is 0.903. The lowest BCUT2D eigenvalue weighted by atomic mass is 10.0. The predicted octanol–water partition coefficient (Wildman–Crippen LogP) is 3.30. The first-order chi connectivity index (χ1) is 10.2. The molecule has 2 unspecified atom stereocenters. The van der Waals surface area contributed by atoms with Crippen LogP contribution in [0.3, 0.4) is 0 Å². The van der Waals surface area contributed by atoms with Gasteiger partial charge in [0.2, 0.25) is 5.91 Å². The Bertz CT molecular complexity index is 494. The Morgan fingerprint density at radius 2 is 1.95 bits per heavy atom. The molecule has 1 aliphatic heterocycles. The zero-order valence-electron chi connectivity index (χ0n) is 12.5. The minimum absolute atomic E-state index is 0.299. The van der Waals surface area contributed by atoms with E-state index in [1.807, 2.05) is 11.8 Å². The molecule has 0 radical (unpaired) electrons. The molecule has 2 atom stereocenters. The second-order valence-electron chi connectivity index (χ2n) is 6.18. The number of benzene rings is 1. The summed E-state index contributed by atoms with van der Waals surface area (Å²) in [4.78, 5) is 13.7. The van der Waals surface area contributed by atoms with Crippen LogP contribution in [0.5, 0.6) is 0 Å². The zero-order valence-corrected chi connectivity index (χ0v) is 14.1. The summed E-state index contributed by atoms with van der Waals surface area (Å²) >= 11 is 3.49. The van der Waals surface area contributed by atoms with Gasteiger partial charge in [0.25, 0.3) is 0 Å². The lowest BCUT2D eigenvalue weighted by Crippen LogP contribution is -2.45. The fourth-order valence-electron chi connectivity index (χ4n) is 3.28. The number of halogens is 1. The van der Waals surface area contributed by atoms with Gasteiger partial charge in [-0.1, -0.05) is 35.0 Å². The highest BCUT2D eigenvalue weighted by Crippen LogP contribution is 2.41. The van der Waals surface area contributed by atoms with Gasteiger partial charge in [0.1, 0.15) is 0 Å². The number of rotatable bonds is 4. The molecule has 114 valence electrons. The van der Waals surface area contributed by atoms with Crippen LogP contribution in [0.1, 0.15) is 44.1 Å². The summed E-state index contributed by atoms with van der Waals surface area (Å²) in [6, 6.07) is 9.90. The van der Waals surface area contributed by atoms with Crippen LogP contribution in [0.15, 0.2) is 28.7 Å². The monoisotopic (exact) mass is 350 g/mol. The SMILES string of the molecule is CCC(=O)N1CCC(NC2CC2c2ccc(Br)cc2)CC1. The average molecular weight is 351 g/mol. The van der Waals surface area contributed by atoms with Gasteiger partial charge in [-0.05, 0) is 37.0 Å². The Hall–Kier alpha value is -0.870. The zero-order chi connectivity index (χ0) is 14.8. The number of hydrogen-bond acceptors (Lipinski definition) is 2. The minimum Gasteiger partial charge on any atom is -0.343 e. The van der Waals surface area contributed by atoms with Crippen molar-refractivity contribution in [1.29, 1.82) is 0 Å². The number of amides is 1. The van der Waals surface area contributed by atoms with Crippen molar-refractivity contribution in [2.45, 2.75) is 50.6 Å². The molecule has 0 bridgehead atoms. The molecule has 2 fully saturated rings. The average Bonchev–Trinajstić information content (AvgIpc) is 3.27. The smallest absolute Gasteiger partial charge is 0.222 e. The predicted molar refractivity (Wildman–Crippen MR) is 88.3 cm³/mol. The summed E-state index contributed by atoms with van der Waals surface area (Å²) in [5, 5.41) is 3.78. The molecule has 3 rings (SSSR count). The molecular formula is C17H23BrN2O. The largest absolute Gasteiger partial charge is 0.343 e. The summed E-state index contributed by atoms with van der Waals surface area (Å²) in [6.07, 6.45) is 4.06.